The van der Waals surface area contributed by atoms with Gasteiger partial charge in [0.05, 0.1) is 12.0 Å². The van der Waals surface area contributed by atoms with Gasteiger partial charge < -0.3 is 14.0 Å². The summed E-state index contributed by atoms with van der Waals surface area (Å²) in [6.45, 7) is 2.31. The third-order valence-corrected chi connectivity index (χ3v) is 12.0. The van der Waals surface area contributed by atoms with E-state index >= 15 is 0 Å². The molecular weight excluding hydrogens is 606 g/mol. The molecule has 2 aromatic carbocycles. The molecule has 3 heterocycles. The molecule has 4 saturated carbocycles. The number of piperazine rings is 1. The maximum atomic E-state index is 13.8. The van der Waals surface area contributed by atoms with Crippen molar-refractivity contribution in [3.8, 4) is 5.75 Å². The number of H-pyrrole nitrogens is 1. The summed E-state index contributed by atoms with van der Waals surface area (Å²) in [5, 5.41) is 1.20. The van der Waals surface area contributed by atoms with Crippen molar-refractivity contribution >= 4 is 32.6 Å². The Morgan fingerprint density at radius 2 is 1.70 bits per heavy atom. The number of amides is 1. The number of nitrogens with zero attached hydrogens (tertiary/aromatic N) is 4. The van der Waals surface area contributed by atoms with Crippen LogP contribution in [0.2, 0.25) is 0 Å². The van der Waals surface area contributed by atoms with Crippen molar-refractivity contribution in [2.75, 3.05) is 31.1 Å². The lowest BCUT2D eigenvalue weighted by molar-refractivity contribution is -0.144. The van der Waals surface area contributed by atoms with Crippen LogP contribution in [-0.4, -0.2) is 59.9 Å². The molecule has 2 unspecified atom stereocenters. The number of rotatable bonds is 7. The maximum Gasteiger partial charge on any atom is 0.339 e. The molecule has 238 valence electrons. The molecule has 12 heteroatoms. The summed E-state index contributed by atoms with van der Waals surface area (Å²) in [5.41, 5.74) is -0.460. The average Bonchev–Trinajstić information content (AvgIpc) is 3.46. The zero-order valence-corrected chi connectivity index (χ0v) is 26.1. The first-order valence-corrected chi connectivity index (χ1v) is 17.3. The number of aromatic nitrogens is 3. The van der Waals surface area contributed by atoms with Gasteiger partial charge in [0.1, 0.15) is 16.5 Å². The first-order valence-electron chi connectivity index (χ1n) is 15.9. The molecule has 11 nitrogen and oxygen atoms in total. The molecule has 1 aliphatic heterocycles. The van der Waals surface area contributed by atoms with Crippen molar-refractivity contribution in [3.63, 3.8) is 0 Å². The fraction of sp³-hybridized carbons (Fsp3) is 0.412. The predicted molar refractivity (Wildman–Crippen MR) is 171 cm³/mol. The number of fused-ring (bicyclic) bond motifs is 1. The third kappa shape index (κ3) is 4.90. The number of aromatic amines is 1. The van der Waals surface area contributed by atoms with Crippen molar-refractivity contribution < 1.29 is 17.4 Å². The highest BCUT2D eigenvalue weighted by atomic mass is 32.2. The van der Waals surface area contributed by atoms with Crippen LogP contribution in [0.3, 0.4) is 0 Å². The molecule has 0 spiro atoms. The zero-order valence-electron chi connectivity index (χ0n) is 25.3. The lowest BCUT2D eigenvalue weighted by atomic mass is 9.74. The Bertz CT molecular complexity index is 2050. The molecule has 46 heavy (non-hydrogen) atoms. The van der Waals surface area contributed by atoms with Crippen LogP contribution in [0.15, 0.2) is 81.5 Å². The summed E-state index contributed by atoms with van der Waals surface area (Å²) in [7, 11) is -4.12. The summed E-state index contributed by atoms with van der Waals surface area (Å²) in [4.78, 5) is 49.7. The van der Waals surface area contributed by atoms with E-state index in [1.54, 1.807) is 48.7 Å². The summed E-state index contributed by atoms with van der Waals surface area (Å²) < 4.78 is 33.3. The van der Waals surface area contributed by atoms with Crippen molar-refractivity contribution in [1.29, 1.82) is 0 Å². The quantitative estimate of drug-likeness (QED) is 0.304. The van der Waals surface area contributed by atoms with Gasteiger partial charge in [-0.25, -0.2) is 4.79 Å². The van der Waals surface area contributed by atoms with Gasteiger partial charge in [-0.2, -0.15) is 8.42 Å². The number of hydrogen-bond acceptors (Lipinski definition) is 8. The van der Waals surface area contributed by atoms with E-state index in [1.807, 2.05) is 9.80 Å². The van der Waals surface area contributed by atoms with Crippen molar-refractivity contribution in [2.45, 2.75) is 43.5 Å². The van der Waals surface area contributed by atoms with Gasteiger partial charge in [-0.1, -0.05) is 24.3 Å². The number of pyridine rings is 1. The average molecular weight is 642 g/mol. The molecule has 9 rings (SSSR count). The van der Waals surface area contributed by atoms with Gasteiger partial charge in [0.15, 0.2) is 0 Å². The molecule has 2 atom stereocenters. The van der Waals surface area contributed by atoms with Crippen molar-refractivity contribution in [3.05, 3.63) is 93.4 Å². The highest BCUT2D eigenvalue weighted by Crippen LogP contribution is 2.66. The molecule has 1 saturated heterocycles. The summed E-state index contributed by atoms with van der Waals surface area (Å²) >= 11 is 0. The standard InChI is InChI=1S/C34H35N5O6S/c40-30-17-31(37-10-12-38(13-11-37)32(41)34-18-23-14-24(19-34)16-26(34)15-23)39(33(42)36-30)21-22-4-6-27(7-5-22)45-46(43,44)29-3-1-2-25-20-35-9-8-28(25)29/h1-9,17,20,23-24,26H,10-16,18-19,21H2,(H,36,40,42). The minimum atomic E-state index is -4.12. The first-order chi connectivity index (χ1) is 22.2. The second kappa shape index (κ2) is 10.8. The van der Waals surface area contributed by atoms with Crippen LogP contribution in [-0.2, 0) is 21.5 Å². The fourth-order valence-electron chi connectivity index (χ4n) is 8.84. The lowest BCUT2D eigenvalue weighted by Gasteiger charge is -2.41. The molecular formula is C34H35N5O6S. The Balaban J connectivity index is 0.974. The third-order valence-electron chi connectivity index (χ3n) is 10.7. The van der Waals surface area contributed by atoms with Crippen LogP contribution in [0.1, 0.15) is 37.7 Å². The minimum Gasteiger partial charge on any atom is -0.379 e. The largest absolute Gasteiger partial charge is 0.379 e. The monoisotopic (exact) mass is 641 g/mol. The van der Waals surface area contributed by atoms with Gasteiger partial charge in [-0.3, -0.25) is 24.1 Å². The molecule has 1 N–H and O–H groups in total. The lowest BCUT2D eigenvalue weighted by Crippen LogP contribution is -2.54. The Kier molecular flexibility index (Phi) is 6.82. The topological polar surface area (TPSA) is 135 Å². The molecule has 5 aliphatic rings. The number of benzene rings is 2. The summed E-state index contributed by atoms with van der Waals surface area (Å²) in [6, 6.07) is 14.5. The van der Waals surface area contributed by atoms with E-state index in [-0.39, 0.29) is 22.6 Å². The highest BCUT2D eigenvalue weighted by Gasteiger charge is 2.62. The molecule has 0 radical (unpaired) electrons. The molecule has 5 fully saturated rings. The molecule has 2 aromatic heterocycles. The molecule has 1 amide bonds. The van der Waals surface area contributed by atoms with Crippen LogP contribution >= 0.6 is 0 Å². The van der Waals surface area contributed by atoms with E-state index in [0.29, 0.717) is 66.4 Å². The van der Waals surface area contributed by atoms with Crippen LogP contribution < -0.4 is 20.3 Å². The van der Waals surface area contributed by atoms with Gasteiger partial charge in [-0.05, 0) is 79.7 Å². The Morgan fingerprint density at radius 1 is 0.957 bits per heavy atom. The number of nitrogens with one attached hydrogen (secondary N) is 1. The van der Waals surface area contributed by atoms with E-state index < -0.39 is 21.4 Å². The van der Waals surface area contributed by atoms with Crippen molar-refractivity contribution in [1.82, 2.24) is 19.4 Å². The van der Waals surface area contributed by atoms with Gasteiger partial charge in [-0.15, -0.1) is 0 Å². The van der Waals surface area contributed by atoms with E-state index in [1.165, 1.54) is 42.2 Å². The second-order valence-corrected chi connectivity index (χ2v) is 14.9. The Labute approximate surface area is 265 Å². The van der Waals surface area contributed by atoms with Gasteiger partial charge >= 0.3 is 15.8 Å². The van der Waals surface area contributed by atoms with Gasteiger partial charge in [0.2, 0.25) is 5.91 Å². The van der Waals surface area contributed by atoms with Gasteiger partial charge in [0, 0.05) is 55.4 Å². The second-order valence-electron chi connectivity index (χ2n) is 13.4. The maximum absolute atomic E-state index is 13.8. The fourth-order valence-corrected chi connectivity index (χ4v) is 9.99. The number of carbonyl (C=O) groups excluding carboxylic acids is 1. The van der Waals surface area contributed by atoms with E-state index in [2.05, 4.69) is 9.97 Å². The number of anilines is 1. The predicted octanol–water partition coefficient (Wildman–Crippen LogP) is 3.38. The molecule has 4 bridgehead atoms. The van der Waals surface area contributed by atoms with Crippen LogP contribution in [0.5, 0.6) is 5.75 Å². The van der Waals surface area contributed by atoms with Crippen LogP contribution in [0, 0.1) is 23.2 Å². The first kappa shape index (κ1) is 29.0. The summed E-state index contributed by atoms with van der Waals surface area (Å²) in [6.07, 6.45) is 8.90. The van der Waals surface area contributed by atoms with E-state index in [9.17, 15) is 22.8 Å². The van der Waals surface area contributed by atoms with Crippen LogP contribution in [0.4, 0.5) is 5.82 Å². The van der Waals surface area contributed by atoms with Crippen molar-refractivity contribution in [2.24, 2.45) is 23.2 Å². The SMILES string of the molecule is O=C(N1CCN(c2cc(=O)[nH]c(=O)n2Cc2ccc(OS(=O)(=O)c3cccc4cnccc34)cc2)CC1)C12CC3CC(CC1C3)C2. The minimum absolute atomic E-state index is 0.0465. The molecule has 4 aromatic rings. The van der Waals surface area contributed by atoms with E-state index in [0.717, 1.165) is 18.4 Å². The zero-order chi connectivity index (χ0) is 31.6. The number of carbonyl (C=O) groups is 1. The number of hydrogen-bond donors (Lipinski definition) is 1. The van der Waals surface area contributed by atoms with Gasteiger partial charge in [0.25, 0.3) is 5.56 Å². The molecule has 4 aliphatic carbocycles. The van der Waals surface area contributed by atoms with E-state index in [4.69, 9.17) is 4.18 Å². The Hall–Kier alpha value is -4.45. The summed E-state index contributed by atoms with van der Waals surface area (Å²) in [5.74, 6) is 2.89. The van der Waals surface area contributed by atoms with Crippen LogP contribution in [0.25, 0.3) is 10.8 Å². The highest BCUT2D eigenvalue weighted by molar-refractivity contribution is 7.87. The normalized spacial score (nSPS) is 25.3. The Morgan fingerprint density at radius 3 is 2.43 bits per heavy atom. The smallest absolute Gasteiger partial charge is 0.339 e.